The number of nitrogens with one attached hydrogen (secondary N) is 1. The molecule has 82 valence electrons. The summed E-state index contributed by atoms with van der Waals surface area (Å²) in [5.74, 6) is -1.78. The highest BCUT2D eigenvalue weighted by atomic mass is 32.1. The average molecular weight is 222 g/mol. The monoisotopic (exact) mass is 222 g/mol. The zero-order valence-corrected chi connectivity index (χ0v) is 8.41. The van der Waals surface area contributed by atoms with E-state index in [9.17, 15) is 9.59 Å². The van der Waals surface area contributed by atoms with Crippen molar-refractivity contribution in [2.45, 2.75) is 18.5 Å². The van der Waals surface area contributed by atoms with Crippen molar-refractivity contribution in [2.24, 2.45) is 5.73 Å². The molecule has 0 aromatic heterocycles. The Morgan fingerprint density at radius 1 is 1.36 bits per heavy atom. The minimum Gasteiger partial charge on any atom is -0.480 e. The quantitative estimate of drug-likeness (QED) is 0.344. The maximum atomic E-state index is 10.6. The molecule has 5 N–H and O–H groups in total. The van der Waals surface area contributed by atoms with Crippen LogP contribution in [-0.2, 0) is 9.59 Å². The SMILES string of the molecule is NC(CNC(CCS)C(=O)O)C(=O)O. The summed E-state index contributed by atoms with van der Waals surface area (Å²) in [4.78, 5) is 20.9. The number of thiol groups is 1. The second-order valence-electron chi connectivity index (χ2n) is 2.76. The molecule has 7 heteroatoms. The Kier molecular flexibility index (Phi) is 6.26. The lowest BCUT2D eigenvalue weighted by Gasteiger charge is -2.14. The fourth-order valence-corrected chi connectivity index (χ4v) is 1.06. The van der Waals surface area contributed by atoms with Gasteiger partial charge >= 0.3 is 11.9 Å². The van der Waals surface area contributed by atoms with E-state index >= 15 is 0 Å². The molecule has 0 spiro atoms. The largest absolute Gasteiger partial charge is 0.480 e. The summed E-state index contributed by atoms with van der Waals surface area (Å²) < 4.78 is 0. The van der Waals surface area contributed by atoms with Gasteiger partial charge in [0.15, 0.2) is 0 Å². The molecular formula is C7H14N2O4S. The molecule has 2 unspecified atom stereocenters. The molecule has 0 fully saturated rings. The van der Waals surface area contributed by atoms with Gasteiger partial charge in [-0.2, -0.15) is 12.6 Å². The van der Waals surface area contributed by atoms with E-state index < -0.39 is 24.0 Å². The van der Waals surface area contributed by atoms with E-state index in [-0.39, 0.29) is 6.54 Å². The van der Waals surface area contributed by atoms with Crippen LogP contribution in [0.3, 0.4) is 0 Å². The summed E-state index contributed by atoms with van der Waals surface area (Å²) in [6.45, 7) is -0.0694. The Morgan fingerprint density at radius 2 is 1.93 bits per heavy atom. The summed E-state index contributed by atoms with van der Waals surface area (Å²) >= 11 is 3.89. The first-order chi connectivity index (χ1) is 6.49. The van der Waals surface area contributed by atoms with Gasteiger partial charge in [0.05, 0.1) is 0 Å². The van der Waals surface area contributed by atoms with E-state index in [0.717, 1.165) is 0 Å². The molecule has 0 heterocycles. The van der Waals surface area contributed by atoms with E-state index in [1.54, 1.807) is 0 Å². The maximum absolute atomic E-state index is 10.6. The fraction of sp³-hybridized carbons (Fsp3) is 0.714. The van der Waals surface area contributed by atoms with E-state index in [0.29, 0.717) is 12.2 Å². The lowest BCUT2D eigenvalue weighted by atomic mass is 10.2. The van der Waals surface area contributed by atoms with Gasteiger partial charge in [0.1, 0.15) is 12.1 Å². The first-order valence-electron chi connectivity index (χ1n) is 4.04. The van der Waals surface area contributed by atoms with Gasteiger partial charge in [-0.25, -0.2) is 0 Å². The first-order valence-corrected chi connectivity index (χ1v) is 4.67. The number of hydrogen-bond acceptors (Lipinski definition) is 5. The summed E-state index contributed by atoms with van der Waals surface area (Å²) in [5, 5.41) is 19.7. The second kappa shape index (κ2) is 6.63. The summed E-state index contributed by atoms with van der Waals surface area (Å²) in [7, 11) is 0. The first kappa shape index (κ1) is 13.2. The van der Waals surface area contributed by atoms with E-state index in [1.165, 1.54) is 0 Å². The van der Waals surface area contributed by atoms with Crippen LogP contribution in [0, 0.1) is 0 Å². The lowest BCUT2D eigenvalue weighted by Crippen LogP contribution is -2.46. The average Bonchev–Trinajstić information content (AvgIpc) is 2.10. The Balaban J connectivity index is 3.93. The van der Waals surface area contributed by atoms with Crippen LogP contribution in [0.4, 0.5) is 0 Å². The standard InChI is InChI=1S/C7H14N2O4S/c8-4(6(10)11)3-9-5(1-2-14)7(12)13/h4-5,9,14H,1-3,8H2,(H,10,11)(H,12,13). The second-order valence-corrected chi connectivity index (χ2v) is 3.20. The smallest absolute Gasteiger partial charge is 0.321 e. The van der Waals surface area contributed by atoms with Gasteiger partial charge in [-0.05, 0) is 12.2 Å². The summed E-state index contributed by atoms with van der Waals surface area (Å²) in [5.41, 5.74) is 5.19. The van der Waals surface area contributed by atoms with Crippen LogP contribution in [-0.4, -0.2) is 46.5 Å². The normalized spacial score (nSPS) is 14.7. The van der Waals surface area contributed by atoms with Crippen LogP contribution in [0.15, 0.2) is 0 Å². The molecule has 0 rings (SSSR count). The van der Waals surface area contributed by atoms with Crippen LogP contribution >= 0.6 is 12.6 Å². The Morgan fingerprint density at radius 3 is 2.29 bits per heavy atom. The van der Waals surface area contributed by atoms with Gasteiger partial charge in [0.2, 0.25) is 0 Å². The van der Waals surface area contributed by atoms with Crippen molar-refractivity contribution in [3.05, 3.63) is 0 Å². The molecule has 0 aromatic carbocycles. The third kappa shape index (κ3) is 5.05. The molecule has 0 aliphatic rings. The third-order valence-corrected chi connectivity index (χ3v) is 1.88. The number of carbonyl (C=O) groups is 2. The van der Waals surface area contributed by atoms with Gasteiger partial charge in [0.25, 0.3) is 0 Å². The topological polar surface area (TPSA) is 113 Å². The van der Waals surface area contributed by atoms with Crippen molar-refractivity contribution in [1.29, 1.82) is 0 Å². The molecule has 0 amide bonds. The number of carboxylic acids is 2. The summed E-state index contributed by atoms with van der Waals surface area (Å²) in [6.07, 6.45) is 0.324. The number of carboxylic acid groups (broad SMARTS) is 2. The molecule has 0 radical (unpaired) electrons. The van der Waals surface area contributed by atoms with Crippen LogP contribution < -0.4 is 11.1 Å². The zero-order valence-electron chi connectivity index (χ0n) is 7.51. The van der Waals surface area contributed by atoms with Crippen LogP contribution in [0.25, 0.3) is 0 Å². The maximum Gasteiger partial charge on any atom is 0.321 e. The van der Waals surface area contributed by atoms with E-state index in [2.05, 4.69) is 17.9 Å². The van der Waals surface area contributed by atoms with Gasteiger partial charge < -0.3 is 21.3 Å². The number of rotatable bonds is 7. The number of aliphatic carboxylic acids is 2. The van der Waals surface area contributed by atoms with Gasteiger partial charge in [-0.3, -0.25) is 9.59 Å². The molecule has 0 saturated carbocycles. The highest BCUT2D eigenvalue weighted by Crippen LogP contribution is 1.94. The number of hydrogen-bond donors (Lipinski definition) is 5. The molecule has 0 aromatic rings. The minimum absolute atomic E-state index is 0.0694. The van der Waals surface area contributed by atoms with E-state index in [1.807, 2.05) is 0 Å². The lowest BCUT2D eigenvalue weighted by molar-refractivity contribution is -0.141. The predicted octanol–water partition coefficient (Wildman–Crippen LogP) is -1.24. The van der Waals surface area contributed by atoms with Crippen LogP contribution in [0.1, 0.15) is 6.42 Å². The van der Waals surface area contributed by atoms with Gasteiger partial charge in [-0.1, -0.05) is 0 Å². The third-order valence-electron chi connectivity index (χ3n) is 1.62. The molecular weight excluding hydrogens is 208 g/mol. The van der Waals surface area contributed by atoms with Crippen LogP contribution in [0.5, 0.6) is 0 Å². The molecule has 14 heavy (non-hydrogen) atoms. The molecule has 0 aliphatic heterocycles. The fourth-order valence-electron chi connectivity index (χ4n) is 0.798. The van der Waals surface area contributed by atoms with Crippen molar-refractivity contribution in [1.82, 2.24) is 5.32 Å². The van der Waals surface area contributed by atoms with Gasteiger partial charge in [0, 0.05) is 6.54 Å². The summed E-state index contributed by atoms with van der Waals surface area (Å²) in [6, 6.07) is -1.88. The Labute approximate surface area is 86.9 Å². The minimum atomic E-state index is -1.16. The molecule has 0 saturated heterocycles. The van der Waals surface area contributed by atoms with Crippen molar-refractivity contribution < 1.29 is 19.8 Å². The molecule has 0 bridgehead atoms. The molecule has 6 nitrogen and oxygen atoms in total. The Hall–Kier alpha value is -0.790. The van der Waals surface area contributed by atoms with E-state index in [4.69, 9.17) is 15.9 Å². The van der Waals surface area contributed by atoms with Crippen molar-refractivity contribution in [3.63, 3.8) is 0 Å². The molecule has 2 atom stereocenters. The van der Waals surface area contributed by atoms with Gasteiger partial charge in [-0.15, -0.1) is 0 Å². The number of nitrogens with two attached hydrogens (primary N) is 1. The highest BCUT2D eigenvalue weighted by Gasteiger charge is 2.18. The highest BCUT2D eigenvalue weighted by molar-refractivity contribution is 7.80. The van der Waals surface area contributed by atoms with Crippen molar-refractivity contribution in [2.75, 3.05) is 12.3 Å². The molecule has 0 aliphatic carbocycles. The van der Waals surface area contributed by atoms with Crippen molar-refractivity contribution >= 4 is 24.6 Å². The Bertz CT molecular complexity index is 212. The van der Waals surface area contributed by atoms with Crippen LogP contribution in [0.2, 0.25) is 0 Å². The van der Waals surface area contributed by atoms with Crippen molar-refractivity contribution in [3.8, 4) is 0 Å². The predicted molar refractivity (Wildman–Crippen MR) is 53.5 cm³/mol. The zero-order chi connectivity index (χ0) is 11.1.